The minimum absolute atomic E-state index is 0.177. The van der Waals surface area contributed by atoms with Crippen LogP contribution in [0.15, 0.2) is 36.4 Å². The van der Waals surface area contributed by atoms with Gasteiger partial charge in [-0.25, -0.2) is 0 Å². The van der Waals surface area contributed by atoms with Crippen LogP contribution in [0.4, 0.5) is 13.2 Å². The number of fused-ring (bicyclic) bond motifs is 1. The van der Waals surface area contributed by atoms with E-state index in [4.69, 9.17) is 0 Å². The van der Waals surface area contributed by atoms with E-state index in [0.717, 1.165) is 11.6 Å². The Morgan fingerprint density at radius 3 is 1.61 bits per heavy atom. The van der Waals surface area contributed by atoms with Gasteiger partial charge < -0.3 is 0 Å². The van der Waals surface area contributed by atoms with Crippen molar-refractivity contribution in [2.75, 3.05) is 0 Å². The minimum Gasteiger partial charge on any atom is -0.166 e. The summed E-state index contributed by atoms with van der Waals surface area (Å²) in [5, 5.41) is 0.956. The highest BCUT2D eigenvalue weighted by Gasteiger charge is 2.32. The molecule has 0 spiro atoms. The van der Waals surface area contributed by atoms with Crippen molar-refractivity contribution in [3.63, 3.8) is 0 Å². The van der Waals surface area contributed by atoms with Gasteiger partial charge in [0.15, 0.2) is 0 Å². The fourth-order valence-electron chi connectivity index (χ4n) is 2.21. The summed E-state index contributed by atoms with van der Waals surface area (Å²) < 4.78 is 38.8. The number of hydrogen-bond donors (Lipinski definition) is 0. The largest absolute Gasteiger partial charge is 0.417 e. The standard InChI is InChI=1S/C15H15F3/c1-14(2,3)12-8-4-7-11-10(12)6-5-9-13(11)15(16,17)18/h4-9H,1-3H3. The lowest BCUT2D eigenvalue weighted by atomic mass is 9.83. The van der Waals surface area contributed by atoms with E-state index >= 15 is 0 Å². The van der Waals surface area contributed by atoms with Crippen LogP contribution in [0.5, 0.6) is 0 Å². The molecule has 0 fully saturated rings. The number of rotatable bonds is 0. The first-order valence-corrected chi connectivity index (χ1v) is 5.80. The molecule has 0 saturated heterocycles. The molecule has 0 radical (unpaired) electrons. The summed E-state index contributed by atoms with van der Waals surface area (Å²) in [6, 6.07) is 9.48. The van der Waals surface area contributed by atoms with Crippen molar-refractivity contribution in [1.29, 1.82) is 0 Å². The first-order valence-electron chi connectivity index (χ1n) is 5.80. The molecule has 96 valence electrons. The molecule has 2 rings (SSSR count). The van der Waals surface area contributed by atoms with E-state index in [1.54, 1.807) is 12.1 Å². The van der Waals surface area contributed by atoms with Gasteiger partial charge in [0.25, 0.3) is 0 Å². The van der Waals surface area contributed by atoms with Gasteiger partial charge in [0, 0.05) is 0 Å². The van der Waals surface area contributed by atoms with Crippen molar-refractivity contribution in [3.8, 4) is 0 Å². The van der Waals surface area contributed by atoms with E-state index in [9.17, 15) is 13.2 Å². The third-order valence-corrected chi connectivity index (χ3v) is 3.04. The predicted molar refractivity (Wildman–Crippen MR) is 67.7 cm³/mol. The topological polar surface area (TPSA) is 0 Å². The van der Waals surface area contributed by atoms with E-state index in [2.05, 4.69) is 0 Å². The van der Waals surface area contributed by atoms with Crippen molar-refractivity contribution < 1.29 is 13.2 Å². The molecule has 0 aromatic heterocycles. The van der Waals surface area contributed by atoms with Crippen LogP contribution >= 0.6 is 0 Å². The molecule has 0 amide bonds. The SMILES string of the molecule is CC(C)(C)c1cccc2c(C(F)(F)F)cccc12. The zero-order valence-electron chi connectivity index (χ0n) is 10.6. The third-order valence-electron chi connectivity index (χ3n) is 3.04. The molecule has 0 nitrogen and oxygen atoms in total. The van der Waals surface area contributed by atoms with Gasteiger partial charge in [-0.2, -0.15) is 13.2 Å². The monoisotopic (exact) mass is 252 g/mol. The molecule has 0 aliphatic heterocycles. The van der Waals surface area contributed by atoms with E-state index in [1.165, 1.54) is 12.1 Å². The smallest absolute Gasteiger partial charge is 0.166 e. The third kappa shape index (κ3) is 2.22. The molecule has 0 heterocycles. The highest BCUT2D eigenvalue weighted by atomic mass is 19.4. The Labute approximate surface area is 104 Å². The lowest BCUT2D eigenvalue weighted by Crippen LogP contribution is -2.12. The van der Waals surface area contributed by atoms with Crippen molar-refractivity contribution in [2.24, 2.45) is 0 Å². The van der Waals surface area contributed by atoms with E-state index in [1.807, 2.05) is 26.8 Å². The zero-order chi connectivity index (χ0) is 13.6. The second kappa shape index (κ2) is 4.01. The van der Waals surface area contributed by atoms with Crippen molar-refractivity contribution >= 4 is 10.8 Å². The van der Waals surface area contributed by atoms with Gasteiger partial charge >= 0.3 is 6.18 Å². The van der Waals surface area contributed by atoms with E-state index in [-0.39, 0.29) is 10.8 Å². The molecule has 0 bridgehead atoms. The average Bonchev–Trinajstić information content (AvgIpc) is 2.24. The Balaban J connectivity index is 2.82. The van der Waals surface area contributed by atoms with Gasteiger partial charge in [0.1, 0.15) is 0 Å². The first-order chi connectivity index (χ1) is 8.21. The summed E-state index contributed by atoms with van der Waals surface area (Å²) in [5.41, 5.74) is 0.196. The number of benzene rings is 2. The molecule has 2 aromatic rings. The molecule has 0 saturated carbocycles. The average molecular weight is 252 g/mol. The molecule has 0 unspecified atom stereocenters. The van der Waals surface area contributed by atoms with Crippen LogP contribution in [0, 0.1) is 0 Å². The Kier molecular flexibility index (Phi) is 2.88. The summed E-state index contributed by atoms with van der Waals surface area (Å²) in [6.07, 6.45) is -4.31. The Bertz CT molecular complexity index is 521. The maximum absolute atomic E-state index is 12.9. The summed E-state index contributed by atoms with van der Waals surface area (Å²) in [6.45, 7) is 6.01. The number of halogens is 3. The van der Waals surface area contributed by atoms with Crippen LogP contribution < -0.4 is 0 Å². The molecule has 0 N–H and O–H groups in total. The molecule has 0 aliphatic carbocycles. The second-order valence-electron chi connectivity index (χ2n) is 5.45. The Morgan fingerprint density at radius 1 is 0.722 bits per heavy atom. The van der Waals surface area contributed by atoms with Crippen LogP contribution in [0.1, 0.15) is 31.9 Å². The second-order valence-corrected chi connectivity index (χ2v) is 5.45. The van der Waals surface area contributed by atoms with Crippen LogP contribution in [-0.4, -0.2) is 0 Å². The van der Waals surface area contributed by atoms with E-state index in [0.29, 0.717) is 5.39 Å². The maximum Gasteiger partial charge on any atom is 0.417 e. The highest BCUT2D eigenvalue weighted by molar-refractivity contribution is 5.89. The predicted octanol–water partition coefficient (Wildman–Crippen LogP) is 5.16. The molecule has 0 atom stereocenters. The molecule has 3 heteroatoms. The van der Waals surface area contributed by atoms with Crippen molar-refractivity contribution in [3.05, 3.63) is 47.5 Å². The van der Waals surface area contributed by atoms with Crippen LogP contribution in [0.25, 0.3) is 10.8 Å². The van der Waals surface area contributed by atoms with Gasteiger partial charge in [-0.1, -0.05) is 51.1 Å². The fraction of sp³-hybridized carbons (Fsp3) is 0.333. The quantitative estimate of drug-likeness (QED) is 0.607. The van der Waals surface area contributed by atoms with E-state index < -0.39 is 11.7 Å². The molecule has 0 aliphatic rings. The van der Waals surface area contributed by atoms with Gasteiger partial charge in [0.2, 0.25) is 0 Å². The lowest BCUT2D eigenvalue weighted by molar-refractivity contribution is -0.136. The maximum atomic E-state index is 12.9. The lowest BCUT2D eigenvalue weighted by Gasteiger charge is -2.22. The molecular formula is C15H15F3. The summed E-state index contributed by atoms with van der Waals surface area (Å²) >= 11 is 0. The number of hydrogen-bond acceptors (Lipinski definition) is 0. The molecule has 2 aromatic carbocycles. The van der Waals surface area contributed by atoms with Crippen LogP contribution in [-0.2, 0) is 11.6 Å². The summed E-state index contributed by atoms with van der Waals surface area (Å²) in [5.74, 6) is 0. The van der Waals surface area contributed by atoms with Crippen LogP contribution in [0.2, 0.25) is 0 Å². The number of alkyl halides is 3. The molecular weight excluding hydrogens is 237 g/mol. The van der Waals surface area contributed by atoms with Gasteiger partial charge in [-0.3, -0.25) is 0 Å². The fourth-order valence-corrected chi connectivity index (χ4v) is 2.21. The highest BCUT2D eigenvalue weighted by Crippen LogP contribution is 2.37. The minimum atomic E-state index is -4.31. The summed E-state index contributed by atoms with van der Waals surface area (Å²) in [4.78, 5) is 0. The van der Waals surface area contributed by atoms with Crippen molar-refractivity contribution in [1.82, 2.24) is 0 Å². The normalized spacial score (nSPS) is 13.0. The zero-order valence-corrected chi connectivity index (χ0v) is 10.6. The Morgan fingerprint density at radius 2 is 1.17 bits per heavy atom. The van der Waals surface area contributed by atoms with Gasteiger partial charge in [-0.05, 0) is 27.8 Å². The van der Waals surface area contributed by atoms with Crippen LogP contribution in [0.3, 0.4) is 0 Å². The molecule has 18 heavy (non-hydrogen) atoms. The Hall–Kier alpha value is -1.51. The van der Waals surface area contributed by atoms with Gasteiger partial charge in [0.05, 0.1) is 5.56 Å². The van der Waals surface area contributed by atoms with Crippen molar-refractivity contribution in [2.45, 2.75) is 32.4 Å². The van der Waals surface area contributed by atoms with Gasteiger partial charge in [-0.15, -0.1) is 0 Å². The first kappa shape index (κ1) is 12.9. The summed E-state index contributed by atoms with van der Waals surface area (Å²) in [7, 11) is 0.